The summed E-state index contributed by atoms with van der Waals surface area (Å²) in [5.41, 5.74) is 4.63. The molecule has 1 saturated heterocycles. The van der Waals surface area contributed by atoms with Crippen LogP contribution in [0.2, 0.25) is 0 Å². The Hall–Kier alpha value is -2.36. The summed E-state index contributed by atoms with van der Waals surface area (Å²) in [4.78, 5) is 36.0. The summed E-state index contributed by atoms with van der Waals surface area (Å²) in [6.45, 7) is 6.96. The molecule has 0 bridgehead atoms. The van der Waals surface area contributed by atoms with Gasteiger partial charge >= 0.3 is 11.8 Å². The Labute approximate surface area is 177 Å². The average Bonchev–Trinajstić information content (AvgIpc) is 2.60. The van der Waals surface area contributed by atoms with E-state index in [1.807, 2.05) is 20.8 Å². The van der Waals surface area contributed by atoms with Gasteiger partial charge in [0.1, 0.15) is 10.1 Å². The molecule has 1 aliphatic heterocycles. The number of ether oxygens (including phenoxy) is 2. The molecule has 1 aromatic rings. The third-order valence-corrected chi connectivity index (χ3v) is 5.15. The van der Waals surface area contributed by atoms with Gasteiger partial charge in [-0.25, -0.2) is 4.79 Å². The topological polar surface area (TPSA) is 125 Å². The van der Waals surface area contributed by atoms with Crippen molar-refractivity contribution in [3.63, 3.8) is 0 Å². The van der Waals surface area contributed by atoms with E-state index in [1.165, 1.54) is 12.1 Å². The molecule has 1 aliphatic rings. The number of likely N-dealkylation sites (tertiary alicyclic amines) is 1. The smallest absolute Gasteiger partial charge is 0.410 e. The summed E-state index contributed by atoms with van der Waals surface area (Å²) < 4.78 is 11.2. The Morgan fingerprint density at radius 1 is 1.31 bits per heavy atom. The van der Waals surface area contributed by atoms with Crippen LogP contribution >= 0.6 is 15.9 Å². The first-order chi connectivity index (χ1) is 13.5. The van der Waals surface area contributed by atoms with Gasteiger partial charge in [-0.2, -0.15) is 0 Å². The zero-order valence-corrected chi connectivity index (χ0v) is 18.4. The lowest BCUT2D eigenvalue weighted by Gasteiger charge is -2.33. The average molecular weight is 472 g/mol. The normalized spacial score (nSPS) is 15.1. The SMILES string of the molecule is CC(C)(C)OC(=O)N1CCC(CCOc2cc(C(N)=O)cc(Br)c2[N+](=O)[O-])CC1. The van der Waals surface area contributed by atoms with E-state index in [0.29, 0.717) is 25.4 Å². The van der Waals surface area contributed by atoms with E-state index in [0.717, 1.165) is 12.8 Å². The highest BCUT2D eigenvalue weighted by molar-refractivity contribution is 9.10. The lowest BCUT2D eigenvalue weighted by molar-refractivity contribution is -0.386. The first kappa shape index (κ1) is 22.9. The van der Waals surface area contributed by atoms with Gasteiger partial charge in [0.2, 0.25) is 5.91 Å². The number of halogens is 1. The molecular formula is C19H26BrN3O6. The Morgan fingerprint density at radius 2 is 1.93 bits per heavy atom. The molecule has 2 amide bonds. The Kier molecular flexibility index (Phi) is 7.45. The van der Waals surface area contributed by atoms with E-state index >= 15 is 0 Å². The molecule has 160 valence electrons. The molecule has 0 spiro atoms. The van der Waals surface area contributed by atoms with Gasteiger partial charge in [-0.05, 0) is 67.9 Å². The van der Waals surface area contributed by atoms with Gasteiger partial charge < -0.3 is 20.1 Å². The summed E-state index contributed by atoms with van der Waals surface area (Å²) in [6.07, 6.45) is 1.97. The first-order valence-corrected chi connectivity index (χ1v) is 10.2. The Morgan fingerprint density at radius 3 is 2.45 bits per heavy atom. The second-order valence-corrected chi connectivity index (χ2v) is 8.83. The minimum atomic E-state index is -0.694. The van der Waals surface area contributed by atoms with Crippen LogP contribution in [0.15, 0.2) is 16.6 Å². The summed E-state index contributed by atoms with van der Waals surface area (Å²) >= 11 is 3.10. The molecule has 2 rings (SSSR count). The molecule has 0 saturated carbocycles. The summed E-state index contributed by atoms with van der Waals surface area (Å²) in [7, 11) is 0. The van der Waals surface area contributed by atoms with E-state index in [2.05, 4.69) is 15.9 Å². The zero-order valence-electron chi connectivity index (χ0n) is 16.8. The largest absolute Gasteiger partial charge is 0.487 e. The second-order valence-electron chi connectivity index (χ2n) is 7.97. The number of hydrogen-bond donors (Lipinski definition) is 1. The quantitative estimate of drug-likeness (QED) is 0.495. The Bertz CT molecular complexity index is 785. The molecule has 9 nitrogen and oxygen atoms in total. The minimum Gasteiger partial charge on any atom is -0.487 e. The van der Waals surface area contributed by atoms with Crippen molar-refractivity contribution in [2.45, 2.75) is 45.6 Å². The van der Waals surface area contributed by atoms with Gasteiger partial charge in [-0.3, -0.25) is 14.9 Å². The number of primary amides is 1. The molecule has 1 fully saturated rings. The number of nitrogens with zero attached hydrogens (tertiary/aromatic N) is 2. The predicted molar refractivity (Wildman–Crippen MR) is 110 cm³/mol. The van der Waals surface area contributed by atoms with Crippen LogP contribution in [0.1, 0.15) is 50.4 Å². The van der Waals surface area contributed by atoms with Crippen LogP contribution in [0, 0.1) is 16.0 Å². The van der Waals surface area contributed by atoms with Crippen molar-refractivity contribution in [3.8, 4) is 5.75 Å². The van der Waals surface area contributed by atoms with Gasteiger partial charge in [0.25, 0.3) is 0 Å². The second kappa shape index (κ2) is 9.43. The van der Waals surface area contributed by atoms with Crippen LogP contribution in [0.5, 0.6) is 5.75 Å². The molecule has 0 radical (unpaired) electrons. The van der Waals surface area contributed by atoms with E-state index < -0.39 is 16.4 Å². The monoisotopic (exact) mass is 471 g/mol. The van der Waals surface area contributed by atoms with E-state index in [1.54, 1.807) is 4.90 Å². The fourth-order valence-electron chi connectivity index (χ4n) is 3.07. The third kappa shape index (κ3) is 6.59. The summed E-state index contributed by atoms with van der Waals surface area (Å²) in [5.74, 6) is -0.361. The maximum atomic E-state index is 12.1. The lowest BCUT2D eigenvalue weighted by atomic mass is 9.94. The number of nitro groups is 1. The minimum absolute atomic E-state index is 0.00404. The van der Waals surface area contributed by atoms with Crippen LogP contribution in [0.4, 0.5) is 10.5 Å². The first-order valence-electron chi connectivity index (χ1n) is 9.36. The highest BCUT2D eigenvalue weighted by Gasteiger charge is 2.27. The van der Waals surface area contributed by atoms with Crippen LogP contribution in [0.25, 0.3) is 0 Å². The number of nitrogens with two attached hydrogens (primary N) is 1. The predicted octanol–water partition coefficient (Wildman–Crippen LogP) is 3.87. The Balaban J connectivity index is 1.90. The number of rotatable bonds is 6. The van der Waals surface area contributed by atoms with E-state index in [4.69, 9.17) is 15.2 Å². The van der Waals surface area contributed by atoms with Crippen molar-refractivity contribution < 1.29 is 24.0 Å². The number of carbonyl (C=O) groups is 2. The molecule has 1 heterocycles. The van der Waals surface area contributed by atoms with Crippen molar-refractivity contribution in [1.29, 1.82) is 0 Å². The van der Waals surface area contributed by atoms with Crippen molar-refractivity contribution in [2.75, 3.05) is 19.7 Å². The van der Waals surface area contributed by atoms with Crippen molar-refractivity contribution >= 4 is 33.6 Å². The third-order valence-electron chi connectivity index (χ3n) is 4.55. The molecule has 0 aliphatic carbocycles. The summed E-state index contributed by atoms with van der Waals surface area (Å²) in [5, 5.41) is 11.3. The maximum Gasteiger partial charge on any atom is 0.410 e. The highest BCUT2D eigenvalue weighted by Crippen LogP contribution is 2.36. The van der Waals surface area contributed by atoms with E-state index in [9.17, 15) is 19.7 Å². The standard InChI is InChI=1S/C19H26BrN3O6/c1-19(2,3)29-18(25)22-7-4-12(5-8-22)6-9-28-15-11-13(17(21)24)10-14(20)16(15)23(26)27/h10-12H,4-9H2,1-3H3,(H2,21,24). The number of benzene rings is 1. The van der Waals surface area contributed by atoms with Crippen molar-refractivity contribution in [2.24, 2.45) is 11.7 Å². The van der Waals surface area contributed by atoms with Crippen LogP contribution in [-0.4, -0.2) is 47.1 Å². The van der Waals surface area contributed by atoms with Gasteiger partial charge in [0.15, 0.2) is 5.75 Å². The van der Waals surface area contributed by atoms with Crippen LogP contribution in [0.3, 0.4) is 0 Å². The molecule has 0 unspecified atom stereocenters. The molecule has 10 heteroatoms. The highest BCUT2D eigenvalue weighted by atomic mass is 79.9. The van der Waals surface area contributed by atoms with Crippen LogP contribution < -0.4 is 10.5 Å². The van der Waals surface area contributed by atoms with Gasteiger partial charge in [0, 0.05) is 24.7 Å². The molecular weight excluding hydrogens is 446 g/mol. The lowest BCUT2D eigenvalue weighted by Crippen LogP contribution is -2.41. The van der Waals surface area contributed by atoms with E-state index in [-0.39, 0.29) is 34.2 Å². The number of piperidine rings is 1. The van der Waals surface area contributed by atoms with Crippen LogP contribution in [-0.2, 0) is 4.74 Å². The fourth-order valence-corrected chi connectivity index (χ4v) is 3.66. The maximum absolute atomic E-state index is 12.1. The fraction of sp³-hybridized carbons (Fsp3) is 0.579. The number of nitro benzene ring substituents is 1. The number of amides is 2. The summed E-state index contributed by atoms with van der Waals surface area (Å²) in [6, 6.07) is 2.59. The zero-order chi connectivity index (χ0) is 21.8. The van der Waals surface area contributed by atoms with Crippen molar-refractivity contribution in [3.05, 3.63) is 32.3 Å². The molecule has 1 aromatic carbocycles. The van der Waals surface area contributed by atoms with Gasteiger partial charge in [-0.15, -0.1) is 0 Å². The molecule has 0 atom stereocenters. The number of hydrogen-bond acceptors (Lipinski definition) is 6. The van der Waals surface area contributed by atoms with Gasteiger partial charge in [-0.1, -0.05) is 0 Å². The molecule has 29 heavy (non-hydrogen) atoms. The number of carbonyl (C=O) groups excluding carboxylic acids is 2. The van der Waals surface area contributed by atoms with Gasteiger partial charge in [0.05, 0.1) is 11.5 Å². The molecule has 0 aromatic heterocycles. The molecule has 2 N–H and O–H groups in total. The van der Waals surface area contributed by atoms with Crippen molar-refractivity contribution in [1.82, 2.24) is 4.90 Å².